The van der Waals surface area contributed by atoms with E-state index in [4.69, 9.17) is 16.2 Å². The number of oxazole rings is 1. The Labute approximate surface area is 197 Å². The SMILES string of the molecule is Cc1nc(C(=O)NCC(O)(c2cc(C(C)(C)NCl)cc(-c3ccc(F)cc3)n2)C(F)(F)F)co1. The molecular formula is C22H21ClF4N4O3. The number of alkyl halides is 3. The van der Waals surface area contributed by atoms with Gasteiger partial charge in [-0.25, -0.2) is 19.2 Å². The van der Waals surface area contributed by atoms with Gasteiger partial charge in [0.15, 0.2) is 11.6 Å². The molecule has 182 valence electrons. The molecule has 34 heavy (non-hydrogen) atoms. The minimum atomic E-state index is -5.23. The van der Waals surface area contributed by atoms with Gasteiger partial charge < -0.3 is 14.8 Å². The van der Waals surface area contributed by atoms with Crippen LogP contribution in [-0.2, 0) is 11.1 Å². The molecule has 1 unspecified atom stereocenters. The quantitative estimate of drug-likeness (QED) is 0.329. The van der Waals surface area contributed by atoms with E-state index in [9.17, 15) is 27.5 Å². The second-order valence-corrected chi connectivity index (χ2v) is 8.33. The molecule has 1 atom stereocenters. The van der Waals surface area contributed by atoms with Gasteiger partial charge in [0.25, 0.3) is 5.91 Å². The van der Waals surface area contributed by atoms with E-state index in [1.807, 2.05) is 5.32 Å². The Hall–Kier alpha value is -3.02. The molecule has 0 aliphatic heterocycles. The number of hydrogen-bond acceptors (Lipinski definition) is 6. The lowest BCUT2D eigenvalue weighted by Crippen LogP contribution is -2.51. The molecule has 1 amide bonds. The van der Waals surface area contributed by atoms with Crippen LogP contribution in [0.5, 0.6) is 0 Å². The Morgan fingerprint density at radius 1 is 1.15 bits per heavy atom. The molecule has 12 heteroatoms. The van der Waals surface area contributed by atoms with Crippen LogP contribution in [-0.4, -0.2) is 33.7 Å². The van der Waals surface area contributed by atoms with Crippen molar-refractivity contribution in [3.05, 3.63) is 71.3 Å². The van der Waals surface area contributed by atoms with Crippen molar-refractivity contribution in [2.45, 2.75) is 38.1 Å². The summed E-state index contributed by atoms with van der Waals surface area (Å²) in [5.41, 5.74) is -5.05. The molecule has 2 aromatic heterocycles. The van der Waals surface area contributed by atoms with Crippen molar-refractivity contribution in [3.8, 4) is 11.3 Å². The van der Waals surface area contributed by atoms with Gasteiger partial charge in [0, 0.05) is 12.5 Å². The first-order valence-corrected chi connectivity index (χ1v) is 10.3. The maximum atomic E-state index is 14.2. The summed E-state index contributed by atoms with van der Waals surface area (Å²) in [5.74, 6) is -1.37. The summed E-state index contributed by atoms with van der Waals surface area (Å²) in [5, 5.41) is 12.9. The van der Waals surface area contributed by atoms with Crippen LogP contribution in [0.4, 0.5) is 17.6 Å². The smallest absolute Gasteiger partial charge is 0.424 e. The number of aryl methyl sites for hydroxylation is 1. The molecule has 0 fully saturated rings. The number of nitrogens with zero attached hydrogens (tertiary/aromatic N) is 2. The third-order valence-electron chi connectivity index (χ3n) is 5.17. The standard InChI is InChI=1S/C22H21ClF4N4O3/c1-12-29-17(10-34-12)19(32)28-11-21(33,22(25,26)27)18-9-14(20(2,3)31-23)8-16(30-18)13-4-6-15(24)7-5-13/h4-10,31,33H,11H2,1-3H3,(H,28,32). The fourth-order valence-corrected chi connectivity index (χ4v) is 3.14. The first kappa shape index (κ1) is 25.6. The van der Waals surface area contributed by atoms with Gasteiger partial charge in [0.1, 0.15) is 12.1 Å². The van der Waals surface area contributed by atoms with Crippen molar-refractivity contribution in [3.63, 3.8) is 0 Å². The zero-order chi connectivity index (χ0) is 25.3. The van der Waals surface area contributed by atoms with Gasteiger partial charge in [-0.15, -0.1) is 0 Å². The number of rotatable bonds is 7. The van der Waals surface area contributed by atoms with Gasteiger partial charge in [0.2, 0.25) is 5.60 Å². The Balaban J connectivity index is 2.10. The first-order valence-electron chi connectivity index (χ1n) is 9.93. The predicted octanol–water partition coefficient (Wildman–Crippen LogP) is 4.34. The van der Waals surface area contributed by atoms with Crippen LogP contribution in [0, 0.1) is 12.7 Å². The van der Waals surface area contributed by atoms with Crippen LogP contribution >= 0.6 is 11.8 Å². The number of pyridine rings is 1. The topological polar surface area (TPSA) is 100 Å². The van der Waals surface area contributed by atoms with Crippen molar-refractivity contribution >= 4 is 17.7 Å². The summed E-state index contributed by atoms with van der Waals surface area (Å²) in [7, 11) is 0. The molecule has 0 radical (unpaired) electrons. The lowest BCUT2D eigenvalue weighted by Gasteiger charge is -2.32. The normalized spacial score (nSPS) is 14.0. The van der Waals surface area contributed by atoms with E-state index in [2.05, 4.69) is 14.8 Å². The number of carbonyl (C=O) groups excluding carboxylic acids is 1. The Kier molecular flexibility index (Phi) is 7.02. The fraction of sp³-hybridized carbons (Fsp3) is 0.318. The number of aromatic nitrogens is 2. The van der Waals surface area contributed by atoms with Gasteiger partial charge in [-0.3, -0.25) is 4.79 Å². The molecule has 3 rings (SSSR count). The van der Waals surface area contributed by atoms with Crippen LogP contribution in [0.1, 0.15) is 41.5 Å². The zero-order valence-corrected chi connectivity index (χ0v) is 19.1. The molecule has 0 saturated heterocycles. The molecule has 1 aromatic carbocycles. The van der Waals surface area contributed by atoms with Crippen LogP contribution < -0.4 is 10.2 Å². The number of hydrogen-bond donors (Lipinski definition) is 3. The highest BCUT2D eigenvalue weighted by atomic mass is 35.5. The number of amides is 1. The second-order valence-electron chi connectivity index (χ2n) is 8.15. The lowest BCUT2D eigenvalue weighted by molar-refractivity contribution is -0.265. The Morgan fingerprint density at radius 3 is 2.32 bits per heavy atom. The molecule has 2 heterocycles. The van der Waals surface area contributed by atoms with Crippen molar-refractivity contribution < 1.29 is 31.9 Å². The number of carbonyl (C=O) groups is 1. The summed E-state index contributed by atoms with van der Waals surface area (Å²) in [6.07, 6.45) is -4.25. The van der Waals surface area contributed by atoms with Crippen molar-refractivity contribution in [1.29, 1.82) is 0 Å². The molecule has 3 N–H and O–H groups in total. The van der Waals surface area contributed by atoms with E-state index in [0.717, 1.165) is 24.5 Å². The Morgan fingerprint density at radius 2 is 1.79 bits per heavy atom. The van der Waals surface area contributed by atoms with E-state index in [0.29, 0.717) is 5.56 Å². The molecular weight excluding hydrogens is 480 g/mol. The lowest BCUT2D eigenvalue weighted by atomic mass is 9.89. The van der Waals surface area contributed by atoms with Gasteiger partial charge in [-0.1, -0.05) is 0 Å². The van der Waals surface area contributed by atoms with Crippen molar-refractivity contribution in [2.75, 3.05) is 6.54 Å². The van der Waals surface area contributed by atoms with Crippen LogP contribution in [0.25, 0.3) is 11.3 Å². The zero-order valence-electron chi connectivity index (χ0n) is 18.3. The van der Waals surface area contributed by atoms with E-state index >= 15 is 0 Å². The molecule has 0 aliphatic rings. The average Bonchev–Trinajstić information content (AvgIpc) is 3.23. The molecule has 0 spiro atoms. The molecule has 0 aliphatic carbocycles. The van der Waals surface area contributed by atoms with E-state index < -0.39 is 41.3 Å². The summed E-state index contributed by atoms with van der Waals surface area (Å²) >= 11 is 5.80. The predicted molar refractivity (Wildman–Crippen MR) is 115 cm³/mol. The highest BCUT2D eigenvalue weighted by molar-refractivity contribution is 6.13. The molecule has 0 saturated carbocycles. The van der Waals surface area contributed by atoms with Crippen LogP contribution in [0.2, 0.25) is 0 Å². The molecule has 3 aromatic rings. The number of halogens is 5. The van der Waals surface area contributed by atoms with Gasteiger partial charge in [-0.2, -0.15) is 13.2 Å². The summed E-state index contributed by atoms with van der Waals surface area (Å²) in [6.45, 7) is 3.42. The highest BCUT2D eigenvalue weighted by Gasteiger charge is 2.56. The average molecular weight is 501 g/mol. The van der Waals surface area contributed by atoms with Gasteiger partial charge in [0.05, 0.1) is 23.5 Å². The van der Waals surface area contributed by atoms with Crippen molar-refractivity contribution in [1.82, 2.24) is 20.1 Å². The monoisotopic (exact) mass is 500 g/mol. The van der Waals surface area contributed by atoms with Crippen molar-refractivity contribution in [2.24, 2.45) is 0 Å². The molecule has 7 nitrogen and oxygen atoms in total. The third-order valence-corrected chi connectivity index (χ3v) is 5.64. The van der Waals surface area contributed by atoms with Crippen LogP contribution in [0.15, 0.2) is 47.1 Å². The third kappa shape index (κ3) is 5.21. The van der Waals surface area contributed by atoms with Gasteiger partial charge in [-0.05, 0) is 67.6 Å². The van der Waals surface area contributed by atoms with E-state index in [1.54, 1.807) is 13.8 Å². The summed E-state index contributed by atoms with van der Waals surface area (Å²) in [4.78, 5) is 22.5. The minimum absolute atomic E-state index is 0.0358. The number of aliphatic hydroxyl groups is 1. The van der Waals surface area contributed by atoms with E-state index in [1.165, 1.54) is 25.1 Å². The summed E-state index contributed by atoms with van der Waals surface area (Å²) in [6, 6.07) is 7.46. The second kappa shape index (κ2) is 9.32. The number of nitrogens with one attached hydrogen (secondary N) is 2. The maximum absolute atomic E-state index is 14.2. The molecule has 0 bridgehead atoms. The fourth-order valence-electron chi connectivity index (χ4n) is 3.03. The van der Waals surface area contributed by atoms with Crippen LogP contribution in [0.3, 0.4) is 0 Å². The number of benzene rings is 1. The van der Waals surface area contributed by atoms with E-state index in [-0.39, 0.29) is 22.8 Å². The van der Waals surface area contributed by atoms with Gasteiger partial charge >= 0.3 is 6.18 Å². The highest BCUT2D eigenvalue weighted by Crippen LogP contribution is 2.40. The summed E-state index contributed by atoms with van der Waals surface area (Å²) < 4.78 is 60.8. The minimum Gasteiger partial charge on any atom is -0.448 e. The Bertz CT molecular complexity index is 1180. The maximum Gasteiger partial charge on any atom is 0.424 e. The first-order chi connectivity index (χ1) is 15.8. The largest absolute Gasteiger partial charge is 0.448 e.